The first-order chi connectivity index (χ1) is 9.04. The van der Waals surface area contributed by atoms with E-state index in [1.165, 1.54) is 7.11 Å². The van der Waals surface area contributed by atoms with E-state index in [1.54, 1.807) is 24.3 Å². The van der Waals surface area contributed by atoms with Crippen LogP contribution in [0.3, 0.4) is 0 Å². The fourth-order valence-electron chi connectivity index (χ4n) is 1.56. The van der Waals surface area contributed by atoms with E-state index in [9.17, 15) is 4.79 Å². The summed E-state index contributed by atoms with van der Waals surface area (Å²) in [6.07, 6.45) is 0. The summed E-state index contributed by atoms with van der Waals surface area (Å²) in [5.41, 5.74) is 1.42. The van der Waals surface area contributed by atoms with E-state index >= 15 is 0 Å². The Hall–Kier alpha value is -0.850. The van der Waals surface area contributed by atoms with E-state index < -0.39 is 5.97 Å². The lowest BCUT2D eigenvalue weighted by atomic mass is 10.1. The van der Waals surface area contributed by atoms with Gasteiger partial charge in [0, 0.05) is 10.6 Å². The molecule has 0 aliphatic rings. The molecule has 0 bridgehead atoms. The number of rotatable bonds is 3. The molecule has 0 radical (unpaired) electrons. The quantitative estimate of drug-likeness (QED) is 0.551. The van der Waals surface area contributed by atoms with Crippen molar-refractivity contribution in [2.45, 2.75) is 3.74 Å². The average Bonchev–Trinajstić information content (AvgIpc) is 2.83. The van der Waals surface area contributed by atoms with Gasteiger partial charge in [-0.25, -0.2) is 4.79 Å². The molecular formula is C12H8Br2ClNO3. The van der Waals surface area contributed by atoms with Gasteiger partial charge in [-0.1, -0.05) is 60.8 Å². The summed E-state index contributed by atoms with van der Waals surface area (Å²) >= 11 is 12.4. The number of ether oxygens (including phenoxy) is 1. The van der Waals surface area contributed by atoms with Gasteiger partial charge >= 0.3 is 5.97 Å². The molecule has 19 heavy (non-hydrogen) atoms. The third-order valence-corrected chi connectivity index (χ3v) is 3.51. The molecule has 0 saturated carbocycles. The highest BCUT2D eigenvalue weighted by Gasteiger charge is 2.27. The molecular weight excluding hydrogens is 401 g/mol. The molecule has 0 aliphatic carbocycles. The number of hydrogen-bond donors (Lipinski definition) is 0. The molecule has 0 unspecified atom stereocenters. The van der Waals surface area contributed by atoms with Gasteiger partial charge in [0.05, 0.1) is 7.11 Å². The Bertz CT molecular complexity index is 596. The second kappa shape index (κ2) is 6.07. The molecule has 100 valence electrons. The van der Waals surface area contributed by atoms with Crippen molar-refractivity contribution in [2.24, 2.45) is 0 Å². The Morgan fingerprint density at radius 3 is 2.53 bits per heavy atom. The molecule has 0 saturated heterocycles. The van der Waals surface area contributed by atoms with Crippen LogP contribution in [-0.2, 0) is 4.74 Å². The van der Waals surface area contributed by atoms with Crippen molar-refractivity contribution < 1.29 is 14.1 Å². The van der Waals surface area contributed by atoms with Crippen molar-refractivity contribution in [3.63, 3.8) is 0 Å². The zero-order valence-corrected chi connectivity index (χ0v) is 13.6. The third kappa shape index (κ3) is 3.01. The first-order valence-electron chi connectivity index (χ1n) is 5.16. The summed E-state index contributed by atoms with van der Waals surface area (Å²) in [7, 11) is 1.31. The number of hydrogen-bond acceptors (Lipinski definition) is 4. The number of methoxy groups -OCH3 is 1. The minimum atomic E-state index is -0.509. The average molecular weight is 409 g/mol. The molecule has 7 heteroatoms. The Labute approximate surface area is 131 Å². The number of halogens is 3. The van der Waals surface area contributed by atoms with E-state index in [0.717, 1.165) is 5.56 Å². The fraction of sp³-hybridized carbons (Fsp3) is 0.167. The highest BCUT2D eigenvalue weighted by Crippen LogP contribution is 2.37. The fourth-order valence-corrected chi connectivity index (χ4v) is 2.31. The standard InChI is InChI=1S/C12H8Br2ClNO3/c1-18-12(17)8-9(16-19-10(8)11(13)14)6-2-4-7(15)5-3-6/h2-5,11H,1H3. The summed E-state index contributed by atoms with van der Waals surface area (Å²) in [6, 6.07) is 6.94. The lowest BCUT2D eigenvalue weighted by Crippen LogP contribution is -2.05. The zero-order valence-electron chi connectivity index (χ0n) is 9.69. The Morgan fingerprint density at radius 1 is 1.37 bits per heavy atom. The molecule has 1 heterocycles. The highest BCUT2D eigenvalue weighted by molar-refractivity contribution is 9.24. The van der Waals surface area contributed by atoms with Crippen LogP contribution in [0.15, 0.2) is 28.8 Å². The number of benzene rings is 1. The topological polar surface area (TPSA) is 52.3 Å². The third-order valence-electron chi connectivity index (χ3n) is 2.42. The van der Waals surface area contributed by atoms with Gasteiger partial charge < -0.3 is 9.26 Å². The van der Waals surface area contributed by atoms with Gasteiger partial charge in [0.1, 0.15) is 15.0 Å². The molecule has 0 amide bonds. The molecule has 0 aliphatic heterocycles. The summed E-state index contributed by atoms with van der Waals surface area (Å²) in [5, 5.41) is 4.53. The summed E-state index contributed by atoms with van der Waals surface area (Å²) < 4.78 is 9.62. The van der Waals surface area contributed by atoms with Crippen LogP contribution in [0.1, 0.15) is 19.9 Å². The maximum Gasteiger partial charge on any atom is 0.343 e. The van der Waals surface area contributed by atoms with Crippen molar-refractivity contribution in [3.8, 4) is 11.3 Å². The minimum absolute atomic E-state index is 0.281. The van der Waals surface area contributed by atoms with Crippen molar-refractivity contribution in [1.29, 1.82) is 0 Å². The second-order valence-electron chi connectivity index (χ2n) is 3.57. The van der Waals surface area contributed by atoms with Crippen LogP contribution in [0.5, 0.6) is 0 Å². The van der Waals surface area contributed by atoms with Gasteiger partial charge in [-0.05, 0) is 12.1 Å². The number of alkyl halides is 2. The zero-order chi connectivity index (χ0) is 14.0. The first-order valence-corrected chi connectivity index (χ1v) is 7.37. The maximum atomic E-state index is 11.9. The van der Waals surface area contributed by atoms with Gasteiger partial charge in [-0.15, -0.1) is 0 Å². The number of esters is 1. The second-order valence-corrected chi connectivity index (χ2v) is 7.07. The van der Waals surface area contributed by atoms with Gasteiger partial charge in [-0.3, -0.25) is 0 Å². The Balaban J connectivity index is 2.57. The van der Waals surface area contributed by atoms with Crippen LogP contribution < -0.4 is 0 Å². The van der Waals surface area contributed by atoms with Crippen LogP contribution in [0, 0.1) is 0 Å². The normalized spacial score (nSPS) is 10.8. The number of carbonyl (C=O) groups excluding carboxylic acids is 1. The monoisotopic (exact) mass is 407 g/mol. The predicted octanol–water partition coefficient (Wildman–Crippen LogP) is 4.57. The van der Waals surface area contributed by atoms with Crippen LogP contribution in [0.25, 0.3) is 11.3 Å². The Morgan fingerprint density at radius 2 is 2.00 bits per heavy atom. The van der Waals surface area contributed by atoms with Gasteiger partial charge in [0.25, 0.3) is 0 Å². The molecule has 1 aromatic heterocycles. The molecule has 2 rings (SSSR count). The van der Waals surface area contributed by atoms with Crippen molar-refractivity contribution in [2.75, 3.05) is 7.11 Å². The molecule has 1 aromatic carbocycles. The van der Waals surface area contributed by atoms with Crippen LogP contribution in [0.4, 0.5) is 0 Å². The van der Waals surface area contributed by atoms with E-state index in [0.29, 0.717) is 16.5 Å². The lowest BCUT2D eigenvalue weighted by molar-refractivity contribution is 0.0599. The molecule has 0 atom stereocenters. The molecule has 2 aromatic rings. The maximum absolute atomic E-state index is 11.9. The molecule has 0 N–H and O–H groups in total. The van der Waals surface area contributed by atoms with Crippen LogP contribution in [-0.4, -0.2) is 18.2 Å². The van der Waals surface area contributed by atoms with Gasteiger partial charge in [-0.2, -0.15) is 0 Å². The number of carbonyl (C=O) groups is 1. The van der Waals surface area contributed by atoms with E-state index in [4.69, 9.17) is 20.9 Å². The minimum Gasteiger partial charge on any atom is -0.465 e. The first kappa shape index (κ1) is 14.6. The smallest absolute Gasteiger partial charge is 0.343 e. The van der Waals surface area contributed by atoms with E-state index in [1.807, 2.05) is 0 Å². The van der Waals surface area contributed by atoms with E-state index in [2.05, 4.69) is 37.0 Å². The number of aromatic nitrogens is 1. The largest absolute Gasteiger partial charge is 0.465 e. The van der Waals surface area contributed by atoms with E-state index in [-0.39, 0.29) is 9.30 Å². The van der Waals surface area contributed by atoms with Crippen LogP contribution >= 0.6 is 43.5 Å². The summed E-state index contributed by atoms with van der Waals surface area (Å²) in [4.78, 5) is 11.9. The lowest BCUT2D eigenvalue weighted by Gasteiger charge is -2.03. The van der Waals surface area contributed by atoms with Crippen molar-refractivity contribution >= 4 is 49.4 Å². The Kier molecular flexibility index (Phi) is 4.65. The SMILES string of the molecule is COC(=O)c1c(-c2ccc(Cl)cc2)noc1C(Br)Br. The molecule has 0 spiro atoms. The van der Waals surface area contributed by atoms with Crippen LogP contribution in [0.2, 0.25) is 5.02 Å². The molecule has 0 fully saturated rings. The van der Waals surface area contributed by atoms with Crippen molar-refractivity contribution in [3.05, 3.63) is 40.6 Å². The highest BCUT2D eigenvalue weighted by atomic mass is 79.9. The van der Waals surface area contributed by atoms with Gasteiger partial charge in [0.2, 0.25) is 0 Å². The van der Waals surface area contributed by atoms with Gasteiger partial charge in [0.15, 0.2) is 5.76 Å². The molecule has 4 nitrogen and oxygen atoms in total. The number of nitrogens with zero attached hydrogens (tertiary/aromatic N) is 1. The summed E-state index contributed by atoms with van der Waals surface area (Å²) in [5.74, 6) is -0.151. The summed E-state index contributed by atoms with van der Waals surface area (Å²) in [6.45, 7) is 0. The van der Waals surface area contributed by atoms with Crippen molar-refractivity contribution in [1.82, 2.24) is 5.16 Å². The predicted molar refractivity (Wildman–Crippen MR) is 78.9 cm³/mol.